The monoisotopic (exact) mass is 353 g/mol. The van der Waals surface area contributed by atoms with Crippen LogP contribution in [-0.4, -0.2) is 18.7 Å². The van der Waals surface area contributed by atoms with Gasteiger partial charge in [-0.2, -0.15) is 0 Å². The number of hydrogen-bond acceptors (Lipinski definition) is 6. The van der Waals surface area contributed by atoms with E-state index in [1.165, 1.54) is 13.1 Å². The van der Waals surface area contributed by atoms with Crippen LogP contribution in [0.2, 0.25) is 5.02 Å². The van der Waals surface area contributed by atoms with Crippen molar-refractivity contribution in [3.63, 3.8) is 0 Å². The molecule has 9 heteroatoms. The van der Waals surface area contributed by atoms with Crippen molar-refractivity contribution in [3.8, 4) is 11.1 Å². The molecule has 23 heavy (non-hydrogen) atoms. The Morgan fingerprint density at radius 1 is 1.13 bits per heavy atom. The summed E-state index contributed by atoms with van der Waals surface area (Å²) in [5, 5.41) is 7.88. The summed E-state index contributed by atoms with van der Waals surface area (Å²) in [7, 11) is -3.91. The van der Waals surface area contributed by atoms with Crippen molar-refractivity contribution in [3.05, 3.63) is 46.9 Å². The number of sulfonamides is 1. The van der Waals surface area contributed by atoms with Crippen molar-refractivity contribution >= 4 is 27.5 Å². The van der Waals surface area contributed by atoms with Crippen LogP contribution in [0.3, 0.4) is 0 Å². The van der Waals surface area contributed by atoms with Crippen molar-refractivity contribution in [2.24, 2.45) is 0 Å². The average Bonchev–Trinajstić information content (AvgIpc) is 3.06. The van der Waals surface area contributed by atoms with Crippen molar-refractivity contribution in [1.29, 1.82) is 0 Å². The fourth-order valence-electron chi connectivity index (χ4n) is 2.18. The van der Waals surface area contributed by atoms with Gasteiger partial charge in [0.25, 0.3) is 10.0 Å². The van der Waals surface area contributed by atoms with Gasteiger partial charge in [-0.3, -0.25) is 0 Å². The number of benzene rings is 1. The fourth-order valence-corrected chi connectivity index (χ4v) is 3.64. The SMILES string of the molecule is Cc1noc(C)c1S(=O)(=O)Nc1oncc1-c1ccc(Cl)cc1. The van der Waals surface area contributed by atoms with Crippen LogP contribution in [0.5, 0.6) is 0 Å². The Bertz CT molecular complexity index is 925. The molecule has 1 aromatic carbocycles. The molecule has 0 radical (unpaired) electrons. The lowest BCUT2D eigenvalue weighted by atomic mass is 10.1. The largest absolute Gasteiger partial charge is 0.360 e. The Balaban J connectivity index is 1.99. The molecule has 7 nitrogen and oxygen atoms in total. The van der Waals surface area contributed by atoms with Gasteiger partial charge in [-0.15, -0.1) is 0 Å². The highest BCUT2D eigenvalue weighted by molar-refractivity contribution is 7.92. The highest BCUT2D eigenvalue weighted by Gasteiger charge is 2.26. The van der Waals surface area contributed by atoms with Crippen molar-refractivity contribution < 1.29 is 17.5 Å². The molecule has 0 spiro atoms. The lowest BCUT2D eigenvalue weighted by molar-refractivity contribution is 0.390. The zero-order chi connectivity index (χ0) is 16.6. The Hall–Kier alpha value is -2.32. The summed E-state index contributed by atoms with van der Waals surface area (Å²) >= 11 is 5.85. The maximum atomic E-state index is 12.5. The first-order chi connectivity index (χ1) is 10.9. The molecular weight excluding hydrogens is 342 g/mol. The summed E-state index contributed by atoms with van der Waals surface area (Å²) < 4.78 is 37.4. The van der Waals surface area contributed by atoms with E-state index >= 15 is 0 Å². The van der Waals surface area contributed by atoms with E-state index in [4.69, 9.17) is 20.6 Å². The first-order valence-electron chi connectivity index (χ1n) is 6.55. The molecule has 3 aromatic rings. The normalized spacial score (nSPS) is 11.6. The van der Waals surface area contributed by atoms with Crippen molar-refractivity contribution in [1.82, 2.24) is 10.3 Å². The summed E-state index contributed by atoms with van der Waals surface area (Å²) in [6.07, 6.45) is 1.43. The van der Waals surface area contributed by atoms with Gasteiger partial charge in [-0.25, -0.2) is 13.1 Å². The molecule has 2 heterocycles. The van der Waals surface area contributed by atoms with E-state index in [0.717, 1.165) is 0 Å². The zero-order valence-corrected chi connectivity index (χ0v) is 13.8. The molecule has 120 valence electrons. The Morgan fingerprint density at radius 3 is 2.43 bits per heavy atom. The van der Waals surface area contributed by atoms with Crippen molar-refractivity contribution in [2.75, 3.05) is 4.72 Å². The molecule has 0 fully saturated rings. The van der Waals surface area contributed by atoms with Gasteiger partial charge in [0.1, 0.15) is 5.69 Å². The molecule has 0 saturated carbocycles. The molecular formula is C14H12ClN3O4S. The van der Waals surface area contributed by atoms with E-state index < -0.39 is 10.0 Å². The van der Waals surface area contributed by atoms with E-state index in [9.17, 15) is 8.42 Å². The number of halogens is 1. The van der Waals surface area contributed by atoms with Gasteiger partial charge in [0.15, 0.2) is 10.7 Å². The Labute approximate surface area is 137 Å². The van der Waals surface area contributed by atoms with Crippen LogP contribution >= 0.6 is 11.6 Å². The van der Waals surface area contributed by atoms with E-state index in [-0.39, 0.29) is 22.2 Å². The molecule has 0 aliphatic carbocycles. The van der Waals surface area contributed by atoms with Crippen LogP contribution in [0.1, 0.15) is 11.5 Å². The van der Waals surface area contributed by atoms with Gasteiger partial charge in [-0.05, 0) is 31.5 Å². The summed E-state index contributed by atoms with van der Waals surface area (Å²) in [6, 6.07) is 6.86. The van der Waals surface area contributed by atoms with E-state index in [1.54, 1.807) is 31.2 Å². The maximum Gasteiger partial charge on any atom is 0.269 e. The number of hydrogen-bond donors (Lipinski definition) is 1. The van der Waals surface area contributed by atoms with Gasteiger partial charge < -0.3 is 9.05 Å². The van der Waals surface area contributed by atoms with Crippen LogP contribution in [0.25, 0.3) is 11.1 Å². The summed E-state index contributed by atoms with van der Waals surface area (Å²) in [4.78, 5) is -0.0176. The van der Waals surface area contributed by atoms with Crippen LogP contribution in [0, 0.1) is 13.8 Å². The molecule has 2 aromatic heterocycles. The lowest BCUT2D eigenvalue weighted by Crippen LogP contribution is -2.14. The van der Waals surface area contributed by atoms with Crippen LogP contribution in [0.15, 0.2) is 44.4 Å². The summed E-state index contributed by atoms with van der Waals surface area (Å²) in [5.74, 6) is 0.204. The molecule has 3 rings (SSSR count). The van der Waals surface area contributed by atoms with E-state index in [0.29, 0.717) is 16.1 Å². The first-order valence-corrected chi connectivity index (χ1v) is 8.41. The third-order valence-corrected chi connectivity index (χ3v) is 5.02. The Morgan fingerprint density at radius 2 is 1.83 bits per heavy atom. The van der Waals surface area contributed by atoms with Gasteiger partial charge in [0.2, 0.25) is 5.88 Å². The summed E-state index contributed by atoms with van der Waals surface area (Å²) in [5.41, 5.74) is 1.48. The zero-order valence-electron chi connectivity index (χ0n) is 12.2. The third-order valence-electron chi connectivity index (χ3n) is 3.19. The molecule has 1 N–H and O–H groups in total. The van der Waals surface area contributed by atoms with Gasteiger partial charge in [0.05, 0.1) is 11.8 Å². The minimum Gasteiger partial charge on any atom is -0.360 e. The smallest absolute Gasteiger partial charge is 0.269 e. The number of nitrogens with one attached hydrogen (secondary N) is 1. The lowest BCUT2D eigenvalue weighted by Gasteiger charge is -2.06. The van der Waals surface area contributed by atoms with E-state index in [2.05, 4.69) is 15.0 Å². The quantitative estimate of drug-likeness (QED) is 0.771. The molecule has 0 amide bonds. The van der Waals surface area contributed by atoms with Gasteiger partial charge >= 0.3 is 0 Å². The number of nitrogens with zero attached hydrogens (tertiary/aromatic N) is 2. The second-order valence-electron chi connectivity index (χ2n) is 4.83. The molecule has 0 aliphatic rings. The average molecular weight is 354 g/mol. The first kappa shape index (κ1) is 15.6. The Kier molecular flexibility index (Phi) is 3.87. The highest BCUT2D eigenvalue weighted by Crippen LogP contribution is 2.31. The van der Waals surface area contributed by atoms with E-state index in [1.807, 2.05) is 0 Å². The summed E-state index contributed by atoms with van der Waals surface area (Å²) in [6.45, 7) is 3.07. The number of anilines is 1. The molecule has 0 saturated heterocycles. The maximum absolute atomic E-state index is 12.5. The minimum absolute atomic E-state index is 0.00678. The topological polar surface area (TPSA) is 98.2 Å². The standard InChI is InChI=1S/C14H12ClN3O4S/c1-8-13(9(2)21-17-8)23(19,20)18-14-12(7-16-22-14)10-3-5-11(15)6-4-10/h3-7,18H,1-2H3. The molecule has 0 bridgehead atoms. The van der Waals surface area contributed by atoms with Crippen LogP contribution in [0.4, 0.5) is 5.88 Å². The number of aryl methyl sites for hydroxylation is 2. The highest BCUT2D eigenvalue weighted by atomic mass is 35.5. The molecule has 0 atom stereocenters. The second kappa shape index (κ2) is 5.71. The van der Waals surface area contributed by atoms with Gasteiger partial charge in [-0.1, -0.05) is 34.0 Å². The second-order valence-corrected chi connectivity index (χ2v) is 6.89. The third kappa shape index (κ3) is 2.95. The molecule has 0 unspecified atom stereocenters. The minimum atomic E-state index is -3.91. The number of aromatic nitrogens is 2. The number of rotatable bonds is 4. The van der Waals surface area contributed by atoms with Crippen LogP contribution in [-0.2, 0) is 10.0 Å². The predicted octanol–water partition coefficient (Wildman–Crippen LogP) is 3.40. The fraction of sp³-hybridized carbons (Fsp3) is 0.143. The molecule has 0 aliphatic heterocycles. The van der Waals surface area contributed by atoms with Crippen LogP contribution < -0.4 is 4.72 Å². The van der Waals surface area contributed by atoms with Crippen molar-refractivity contribution in [2.45, 2.75) is 18.7 Å². The van der Waals surface area contributed by atoms with Gasteiger partial charge in [0, 0.05) is 5.02 Å². The predicted molar refractivity (Wildman–Crippen MR) is 83.7 cm³/mol.